The van der Waals surface area contributed by atoms with Gasteiger partial charge in [0.05, 0.1) is 0 Å². The second kappa shape index (κ2) is 6.23. The minimum Gasteiger partial charge on any atom is -0.271 e. The molecule has 1 rings (SSSR count). The van der Waals surface area contributed by atoms with Crippen LogP contribution in [0.2, 0.25) is 0 Å². The van der Waals surface area contributed by atoms with Crippen LogP contribution in [-0.2, 0) is 6.42 Å². The van der Waals surface area contributed by atoms with Crippen molar-refractivity contribution in [2.45, 2.75) is 32.2 Å². The van der Waals surface area contributed by atoms with Gasteiger partial charge in [0, 0.05) is 12.5 Å². The largest absolute Gasteiger partial charge is 0.271 e. The molecule has 0 aromatic heterocycles. The van der Waals surface area contributed by atoms with E-state index in [1.54, 1.807) is 0 Å². The SMILES string of the molecule is C#CCC(CCc1ccccc1C)NN. The Kier molecular flexibility index (Phi) is 4.89. The molecular formula is C13H18N2. The van der Waals surface area contributed by atoms with E-state index in [9.17, 15) is 0 Å². The molecule has 1 atom stereocenters. The number of rotatable bonds is 5. The Morgan fingerprint density at radius 1 is 1.47 bits per heavy atom. The van der Waals surface area contributed by atoms with Crippen molar-refractivity contribution in [1.82, 2.24) is 5.43 Å². The van der Waals surface area contributed by atoms with Gasteiger partial charge in [-0.2, -0.15) is 0 Å². The zero-order valence-electron chi connectivity index (χ0n) is 9.16. The molecular weight excluding hydrogens is 184 g/mol. The van der Waals surface area contributed by atoms with Gasteiger partial charge in [-0.3, -0.25) is 11.3 Å². The van der Waals surface area contributed by atoms with Crippen molar-refractivity contribution >= 4 is 0 Å². The molecule has 0 heterocycles. The second-order valence-electron chi connectivity index (χ2n) is 3.74. The molecule has 0 aliphatic carbocycles. The Labute approximate surface area is 91.8 Å². The highest BCUT2D eigenvalue weighted by Crippen LogP contribution is 2.11. The van der Waals surface area contributed by atoms with Crippen molar-refractivity contribution in [3.63, 3.8) is 0 Å². The number of hydrazine groups is 1. The highest BCUT2D eigenvalue weighted by atomic mass is 15.2. The first-order chi connectivity index (χ1) is 7.27. The van der Waals surface area contributed by atoms with Gasteiger partial charge in [0.15, 0.2) is 0 Å². The lowest BCUT2D eigenvalue weighted by Crippen LogP contribution is -2.35. The van der Waals surface area contributed by atoms with Crippen LogP contribution in [0.15, 0.2) is 24.3 Å². The lowest BCUT2D eigenvalue weighted by molar-refractivity contribution is 0.503. The summed E-state index contributed by atoms with van der Waals surface area (Å²) >= 11 is 0. The van der Waals surface area contributed by atoms with E-state index in [0.717, 1.165) is 12.8 Å². The number of benzene rings is 1. The minimum atomic E-state index is 0.217. The number of hydrogen-bond donors (Lipinski definition) is 2. The third-order valence-corrected chi connectivity index (χ3v) is 2.62. The Bertz CT molecular complexity index is 339. The Morgan fingerprint density at radius 2 is 2.20 bits per heavy atom. The van der Waals surface area contributed by atoms with E-state index in [4.69, 9.17) is 12.3 Å². The summed E-state index contributed by atoms with van der Waals surface area (Å²) in [7, 11) is 0. The second-order valence-corrected chi connectivity index (χ2v) is 3.74. The van der Waals surface area contributed by atoms with Gasteiger partial charge in [0.1, 0.15) is 0 Å². The summed E-state index contributed by atoms with van der Waals surface area (Å²) in [4.78, 5) is 0. The lowest BCUT2D eigenvalue weighted by Gasteiger charge is -2.13. The van der Waals surface area contributed by atoms with Crippen LogP contribution >= 0.6 is 0 Å². The minimum absolute atomic E-state index is 0.217. The third kappa shape index (κ3) is 3.75. The normalized spacial score (nSPS) is 12.1. The molecule has 0 fully saturated rings. The summed E-state index contributed by atoms with van der Waals surface area (Å²) in [6.45, 7) is 2.13. The van der Waals surface area contributed by atoms with Crippen LogP contribution in [0, 0.1) is 19.3 Å². The van der Waals surface area contributed by atoms with Crippen molar-refractivity contribution < 1.29 is 0 Å². The predicted octanol–water partition coefficient (Wildman–Crippen LogP) is 1.78. The molecule has 0 radical (unpaired) electrons. The molecule has 0 bridgehead atoms. The molecule has 15 heavy (non-hydrogen) atoms. The molecule has 0 aliphatic heterocycles. The van der Waals surface area contributed by atoms with Crippen molar-refractivity contribution in [3.8, 4) is 12.3 Å². The maximum Gasteiger partial charge on any atom is 0.0323 e. The van der Waals surface area contributed by atoms with E-state index in [1.165, 1.54) is 11.1 Å². The maximum atomic E-state index is 5.42. The first-order valence-electron chi connectivity index (χ1n) is 5.22. The van der Waals surface area contributed by atoms with Gasteiger partial charge in [0.2, 0.25) is 0 Å². The molecule has 80 valence electrons. The first-order valence-corrected chi connectivity index (χ1v) is 5.22. The molecule has 2 nitrogen and oxygen atoms in total. The zero-order chi connectivity index (χ0) is 11.1. The molecule has 0 aliphatic rings. The summed E-state index contributed by atoms with van der Waals surface area (Å²) in [5, 5.41) is 0. The summed E-state index contributed by atoms with van der Waals surface area (Å²) in [6, 6.07) is 8.61. The fourth-order valence-electron chi connectivity index (χ4n) is 1.61. The van der Waals surface area contributed by atoms with Crippen LogP contribution in [0.25, 0.3) is 0 Å². The van der Waals surface area contributed by atoms with Crippen LogP contribution in [0.5, 0.6) is 0 Å². The van der Waals surface area contributed by atoms with Gasteiger partial charge in [-0.05, 0) is 30.9 Å². The smallest absolute Gasteiger partial charge is 0.0323 e. The molecule has 1 aromatic rings. The Morgan fingerprint density at radius 3 is 2.80 bits per heavy atom. The fraction of sp³-hybridized carbons (Fsp3) is 0.385. The zero-order valence-corrected chi connectivity index (χ0v) is 9.16. The van der Waals surface area contributed by atoms with Crippen LogP contribution < -0.4 is 11.3 Å². The summed E-state index contributed by atoms with van der Waals surface area (Å²) in [5.41, 5.74) is 5.45. The Balaban J connectivity index is 2.49. The average Bonchev–Trinajstić information content (AvgIpc) is 2.26. The van der Waals surface area contributed by atoms with Crippen LogP contribution in [-0.4, -0.2) is 6.04 Å². The van der Waals surface area contributed by atoms with Gasteiger partial charge < -0.3 is 0 Å². The lowest BCUT2D eigenvalue weighted by atomic mass is 10.0. The molecule has 0 saturated carbocycles. The van der Waals surface area contributed by atoms with E-state index < -0.39 is 0 Å². The van der Waals surface area contributed by atoms with Crippen molar-refractivity contribution in [2.24, 2.45) is 5.84 Å². The van der Waals surface area contributed by atoms with Crippen molar-refractivity contribution in [1.29, 1.82) is 0 Å². The van der Waals surface area contributed by atoms with E-state index in [1.807, 2.05) is 0 Å². The third-order valence-electron chi connectivity index (χ3n) is 2.62. The van der Waals surface area contributed by atoms with Crippen molar-refractivity contribution in [3.05, 3.63) is 35.4 Å². The predicted molar refractivity (Wildman–Crippen MR) is 64.1 cm³/mol. The number of aryl methyl sites for hydroxylation is 2. The molecule has 0 spiro atoms. The van der Waals surface area contributed by atoms with E-state index >= 15 is 0 Å². The van der Waals surface area contributed by atoms with Crippen LogP contribution in [0.1, 0.15) is 24.0 Å². The van der Waals surface area contributed by atoms with Gasteiger partial charge in [-0.1, -0.05) is 24.3 Å². The number of hydrogen-bond acceptors (Lipinski definition) is 2. The highest BCUT2D eigenvalue weighted by molar-refractivity contribution is 5.25. The maximum absolute atomic E-state index is 5.42. The van der Waals surface area contributed by atoms with Crippen LogP contribution in [0.3, 0.4) is 0 Å². The summed E-state index contributed by atoms with van der Waals surface area (Å²) < 4.78 is 0. The first kappa shape index (κ1) is 11.8. The highest BCUT2D eigenvalue weighted by Gasteiger charge is 2.05. The molecule has 1 unspecified atom stereocenters. The van der Waals surface area contributed by atoms with Gasteiger partial charge in [-0.25, -0.2) is 0 Å². The Hall–Kier alpha value is -1.30. The van der Waals surface area contributed by atoms with Gasteiger partial charge in [-0.15, -0.1) is 12.3 Å². The van der Waals surface area contributed by atoms with E-state index in [0.29, 0.717) is 6.42 Å². The molecule has 0 amide bonds. The van der Waals surface area contributed by atoms with Crippen LogP contribution in [0.4, 0.5) is 0 Å². The number of terminal acetylenes is 1. The van der Waals surface area contributed by atoms with Crippen molar-refractivity contribution in [2.75, 3.05) is 0 Å². The summed E-state index contributed by atoms with van der Waals surface area (Å²) in [6.07, 6.45) is 7.94. The quantitative estimate of drug-likeness (QED) is 0.434. The fourth-order valence-corrected chi connectivity index (χ4v) is 1.61. The average molecular weight is 202 g/mol. The van der Waals surface area contributed by atoms with E-state index in [-0.39, 0.29) is 6.04 Å². The number of nitrogens with two attached hydrogens (primary N) is 1. The molecule has 0 saturated heterocycles. The molecule has 3 N–H and O–H groups in total. The topological polar surface area (TPSA) is 38.0 Å². The molecule has 2 heteroatoms. The number of nitrogens with one attached hydrogen (secondary N) is 1. The molecule has 1 aromatic carbocycles. The van der Waals surface area contributed by atoms with Gasteiger partial charge >= 0.3 is 0 Å². The van der Waals surface area contributed by atoms with E-state index in [2.05, 4.69) is 42.5 Å². The summed E-state index contributed by atoms with van der Waals surface area (Å²) in [5.74, 6) is 8.04. The standard InChI is InChI=1S/C13H18N2/c1-3-6-13(15-14)10-9-12-8-5-4-7-11(12)2/h1,4-5,7-8,13,15H,6,9-10,14H2,2H3. The monoisotopic (exact) mass is 202 g/mol. The van der Waals surface area contributed by atoms with Gasteiger partial charge in [0.25, 0.3) is 0 Å².